The standard InChI is InChI=1S/C7H14.CH4N2O2/c1-7-5-3-2-4-6-7;2-3-1(4)5/h7H,2-6H2,1H3;3H,2H2,(H,4,5). The van der Waals surface area contributed by atoms with Crippen molar-refractivity contribution in [3.63, 3.8) is 0 Å². The van der Waals surface area contributed by atoms with E-state index in [4.69, 9.17) is 9.90 Å². The number of hydrazine groups is 1. The first-order valence-electron chi connectivity index (χ1n) is 4.36. The third kappa shape index (κ3) is 7.34. The molecule has 0 heterocycles. The lowest BCUT2D eigenvalue weighted by atomic mass is 9.91. The van der Waals surface area contributed by atoms with Gasteiger partial charge in [0.25, 0.3) is 0 Å². The predicted molar refractivity (Wildman–Crippen MR) is 47.6 cm³/mol. The Morgan fingerprint density at radius 2 is 1.83 bits per heavy atom. The quantitative estimate of drug-likeness (QED) is 0.297. The second kappa shape index (κ2) is 6.91. The van der Waals surface area contributed by atoms with Crippen LogP contribution in [0.2, 0.25) is 0 Å². The Balaban J connectivity index is 0.000000217. The van der Waals surface area contributed by atoms with Crippen LogP contribution in [0.4, 0.5) is 4.79 Å². The molecule has 1 aliphatic rings. The normalized spacial score (nSPS) is 17.5. The molecule has 0 atom stereocenters. The van der Waals surface area contributed by atoms with Crippen molar-refractivity contribution in [2.75, 3.05) is 0 Å². The second-order valence-corrected chi connectivity index (χ2v) is 3.19. The van der Waals surface area contributed by atoms with E-state index in [1.165, 1.54) is 37.5 Å². The number of hydrogen-bond acceptors (Lipinski definition) is 2. The molecule has 0 aromatic carbocycles. The summed E-state index contributed by atoms with van der Waals surface area (Å²) in [6.07, 6.45) is 6.22. The summed E-state index contributed by atoms with van der Waals surface area (Å²) in [5.74, 6) is 5.36. The van der Waals surface area contributed by atoms with E-state index in [9.17, 15) is 0 Å². The summed E-state index contributed by atoms with van der Waals surface area (Å²) in [6.45, 7) is 2.36. The van der Waals surface area contributed by atoms with Crippen molar-refractivity contribution in [1.82, 2.24) is 5.43 Å². The number of hydrogen-bond donors (Lipinski definition) is 3. The molecule has 4 nitrogen and oxygen atoms in total. The molecule has 0 bridgehead atoms. The highest BCUT2D eigenvalue weighted by molar-refractivity contribution is 5.63. The average molecular weight is 174 g/mol. The van der Waals surface area contributed by atoms with Crippen LogP contribution in [-0.2, 0) is 0 Å². The number of nitrogens with one attached hydrogen (secondary N) is 1. The van der Waals surface area contributed by atoms with Crippen LogP contribution in [0.15, 0.2) is 0 Å². The van der Waals surface area contributed by atoms with Gasteiger partial charge in [-0.15, -0.1) is 0 Å². The van der Waals surface area contributed by atoms with Crippen LogP contribution >= 0.6 is 0 Å². The second-order valence-electron chi connectivity index (χ2n) is 3.19. The Hall–Kier alpha value is -0.770. The molecule has 72 valence electrons. The number of carbonyl (C=O) groups is 1. The zero-order valence-electron chi connectivity index (χ0n) is 7.55. The Labute approximate surface area is 73.1 Å². The van der Waals surface area contributed by atoms with Gasteiger partial charge in [0, 0.05) is 0 Å². The van der Waals surface area contributed by atoms with Crippen molar-refractivity contribution < 1.29 is 9.90 Å². The molecule has 0 unspecified atom stereocenters. The summed E-state index contributed by atoms with van der Waals surface area (Å²) >= 11 is 0. The molecule has 4 N–H and O–H groups in total. The van der Waals surface area contributed by atoms with E-state index < -0.39 is 6.09 Å². The molecule has 0 aliphatic heterocycles. The monoisotopic (exact) mass is 174 g/mol. The van der Waals surface area contributed by atoms with Gasteiger partial charge in [0.15, 0.2) is 0 Å². The van der Waals surface area contributed by atoms with Crippen LogP contribution in [-0.4, -0.2) is 11.2 Å². The molecule has 0 radical (unpaired) electrons. The summed E-state index contributed by atoms with van der Waals surface area (Å²) in [5.41, 5.74) is 1.44. The minimum atomic E-state index is -1.22. The molecule has 1 fully saturated rings. The van der Waals surface area contributed by atoms with E-state index in [1.807, 2.05) is 0 Å². The number of nitrogens with two attached hydrogens (primary N) is 1. The lowest BCUT2D eigenvalue weighted by molar-refractivity contribution is 0.194. The fourth-order valence-electron chi connectivity index (χ4n) is 1.31. The van der Waals surface area contributed by atoms with E-state index in [0.29, 0.717) is 0 Å². The van der Waals surface area contributed by atoms with Crippen molar-refractivity contribution in [2.24, 2.45) is 11.8 Å². The Kier molecular flexibility index (Phi) is 6.47. The van der Waals surface area contributed by atoms with Gasteiger partial charge in [-0.05, 0) is 5.92 Å². The maximum absolute atomic E-state index is 9.13. The first-order valence-corrected chi connectivity index (χ1v) is 4.36. The predicted octanol–water partition coefficient (Wildman–Crippen LogP) is 1.71. The van der Waals surface area contributed by atoms with E-state index in [2.05, 4.69) is 12.8 Å². The molecular formula is C8H18N2O2. The van der Waals surface area contributed by atoms with Gasteiger partial charge >= 0.3 is 6.09 Å². The average Bonchev–Trinajstić information content (AvgIpc) is 2.07. The smallest absolute Gasteiger partial charge is 0.418 e. The molecule has 0 aromatic heterocycles. The third-order valence-corrected chi connectivity index (χ3v) is 2.02. The third-order valence-electron chi connectivity index (χ3n) is 2.02. The molecule has 0 spiro atoms. The van der Waals surface area contributed by atoms with E-state index >= 15 is 0 Å². The van der Waals surface area contributed by atoms with Crippen molar-refractivity contribution in [1.29, 1.82) is 0 Å². The van der Waals surface area contributed by atoms with Gasteiger partial charge in [0.2, 0.25) is 0 Å². The summed E-state index contributed by atoms with van der Waals surface area (Å²) in [4.78, 5) is 9.13. The summed E-state index contributed by atoms with van der Waals surface area (Å²) in [7, 11) is 0. The Morgan fingerprint density at radius 1 is 1.42 bits per heavy atom. The topological polar surface area (TPSA) is 75.3 Å². The maximum atomic E-state index is 9.13. The molecule has 1 amide bonds. The zero-order chi connectivity index (χ0) is 9.40. The van der Waals surface area contributed by atoms with Crippen molar-refractivity contribution in [3.05, 3.63) is 0 Å². The summed E-state index contributed by atoms with van der Waals surface area (Å²) in [5, 5.41) is 7.49. The highest BCUT2D eigenvalue weighted by atomic mass is 16.4. The maximum Gasteiger partial charge on any atom is 0.418 e. The van der Waals surface area contributed by atoms with Gasteiger partial charge in [0.05, 0.1) is 0 Å². The molecule has 12 heavy (non-hydrogen) atoms. The molecule has 0 saturated heterocycles. The van der Waals surface area contributed by atoms with Gasteiger partial charge in [-0.3, -0.25) is 5.43 Å². The number of amides is 1. The molecule has 4 heteroatoms. The molecule has 1 aliphatic carbocycles. The lowest BCUT2D eigenvalue weighted by Crippen LogP contribution is -2.27. The number of carboxylic acid groups (broad SMARTS) is 1. The first-order chi connectivity index (χ1) is 5.66. The van der Waals surface area contributed by atoms with E-state index in [1.54, 1.807) is 0 Å². The molecular weight excluding hydrogens is 156 g/mol. The number of rotatable bonds is 0. The fraction of sp³-hybridized carbons (Fsp3) is 0.875. The highest BCUT2D eigenvalue weighted by Crippen LogP contribution is 2.21. The van der Waals surface area contributed by atoms with Crippen LogP contribution in [0.5, 0.6) is 0 Å². The minimum Gasteiger partial charge on any atom is -0.464 e. The lowest BCUT2D eigenvalue weighted by Gasteiger charge is -2.15. The SMILES string of the molecule is CC1CCCCC1.NNC(=O)O. The van der Waals surface area contributed by atoms with Gasteiger partial charge in [0.1, 0.15) is 0 Å². The van der Waals surface area contributed by atoms with Crippen LogP contribution in [0.3, 0.4) is 0 Å². The van der Waals surface area contributed by atoms with Crippen LogP contribution in [0.25, 0.3) is 0 Å². The zero-order valence-corrected chi connectivity index (χ0v) is 7.55. The van der Waals surface area contributed by atoms with E-state index in [0.717, 1.165) is 5.92 Å². The van der Waals surface area contributed by atoms with Gasteiger partial charge in [-0.1, -0.05) is 39.0 Å². The summed E-state index contributed by atoms with van der Waals surface area (Å²) in [6, 6.07) is 0. The molecule has 1 saturated carbocycles. The van der Waals surface area contributed by atoms with Crippen LogP contribution < -0.4 is 11.3 Å². The van der Waals surface area contributed by atoms with Gasteiger partial charge in [-0.25, -0.2) is 10.6 Å². The van der Waals surface area contributed by atoms with E-state index in [-0.39, 0.29) is 0 Å². The Bertz CT molecular complexity index is 122. The molecule has 0 aromatic rings. The fourth-order valence-corrected chi connectivity index (χ4v) is 1.31. The van der Waals surface area contributed by atoms with Crippen LogP contribution in [0, 0.1) is 5.92 Å². The van der Waals surface area contributed by atoms with Crippen molar-refractivity contribution >= 4 is 6.09 Å². The molecule has 1 rings (SSSR count). The van der Waals surface area contributed by atoms with Crippen LogP contribution in [0.1, 0.15) is 39.0 Å². The highest BCUT2D eigenvalue weighted by Gasteiger charge is 2.05. The summed E-state index contributed by atoms with van der Waals surface area (Å²) < 4.78 is 0. The minimum absolute atomic E-state index is 1.04. The first kappa shape index (κ1) is 11.2. The largest absolute Gasteiger partial charge is 0.464 e. The van der Waals surface area contributed by atoms with Crippen molar-refractivity contribution in [2.45, 2.75) is 39.0 Å². The Morgan fingerprint density at radius 3 is 2.00 bits per heavy atom. The van der Waals surface area contributed by atoms with Crippen molar-refractivity contribution in [3.8, 4) is 0 Å². The van der Waals surface area contributed by atoms with Gasteiger partial charge in [-0.2, -0.15) is 0 Å². The van der Waals surface area contributed by atoms with Gasteiger partial charge < -0.3 is 5.11 Å².